The normalized spacial score (nSPS) is 12.5. The maximum Gasteiger partial charge on any atom is 0.411 e. The molecule has 174 valence electrons. The summed E-state index contributed by atoms with van der Waals surface area (Å²) in [5, 5.41) is 0. The molecule has 2 rings (SSSR count). The molecule has 1 amide bonds. The molecule has 2 aromatic rings. The minimum absolute atomic E-state index is 0.102. The zero-order valence-corrected chi connectivity index (χ0v) is 19.3. The lowest BCUT2D eigenvalue weighted by Crippen LogP contribution is -2.48. The number of hydrogen-bond acceptors (Lipinski definition) is 6. The van der Waals surface area contributed by atoms with Crippen molar-refractivity contribution in [1.82, 2.24) is 4.90 Å². The third-order valence-corrected chi connectivity index (χ3v) is 4.80. The molecule has 10 heteroatoms. The highest BCUT2D eigenvalue weighted by Crippen LogP contribution is 2.20. The van der Waals surface area contributed by atoms with Crippen LogP contribution in [-0.2, 0) is 37.5 Å². The molecule has 2 N–H and O–H groups in total. The molecular formula is C22H28N2O7S. The summed E-state index contributed by atoms with van der Waals surface area (Å²) in [5.41, 5.74) is 0.831. The first-order valence-electron chi connectivity index (χ1n) is 9.83. The molecule has 0 aliphatic carbocycles. The highest BCUT2D eigenvalue weighted by atomic mass is 32.2. The van der Waals surface area contributed by atoms with E-state index in [9.17, 15) is 18.0 Å². The van der Waals surface area contributed by atoms with Gasteiger partial charge < -0.3 is 9.47 Å². The Labute approximate surface area is 188 Å². The number of nitrogens with one attached hydrogen (secondary N) is 1. The molecule has 0 spiro atoms. The second kappa shape index (κ2) is 10.5. The SMILES string of the molecule is COC(=O)C(Cc1ccc(NS(=O)(=O)O)cc1)N(Cc1ccccc1)C(=O)OC(C)(C)C. The highest BCUT2D eigenvalue weighted by Gasteiger charge is 2.34. The summed E-state index contributed by atoms with van der Waals surface area (Å²) < 4.78 is 43.3. The fourth-order valence-corrected chi connectivity index (χ4v) is 3.37. The van der Waals surface area contributed by atoms with Gasteiger partial charge in [0.15, 0.2) is 0 Å². The van der Waals surface area contributed by atoms with Crippen LogP contribution < -0.4 is 4.72 Å². The number of esters is 1. The standard InChI is InChI=1S/C22H28N2O7S/c1-22(2,3)31-21(26)24(15-17-8-6-5-7-9-17)19(20(25)30-4)14-16-10-12-18(13-11-16)23-32(27,28)29/h5-13,19,23H,14-15H2,1-4H3,(H,27,28,29). The Morgan fingerprint density at radius 1 is 1.03 bits per heavy atom. The number of hydrogen-bond donors (Lipinski definition) is 2. The molecule has 0 aliphatic heterocycles. The molecule has 0 saturated carbocycles. The van der Waals surface area contributed by atoms with Crippen LogP contribution >= 0.6 is 0 Å². The van der Waals surface area contributed by atoms with Crippen molar-refractivity contribution >= 4 is 28.1 Å². The number of nitrogens with zero attached hydrogens (tertiary/aromatic N) is 1. The van der Waals surface area contributed by atoms with Gasteiger partial charge in [-0.15, -0.1) is 0 Å². The number of carbonyl (C=O) groups is 2. The predicted molar refractivity (Wildman–Crippen MR) is 119 cm³/mol. The van der Waals surface area contributed by atoms with Gasteiger partial charge in [0.05, 0.1) is 12.8 Å². The maximum atomic E-state index is 13.0. The van der Waals surface area contributed by atoms with Crippen LogP contribution in [0.4, 0.5) is 10.5 Å². The zero-order valence-electron chi connectivity index (χ0n) is 18.4. The summed E-state index contributed by atoms with van der Waals surface area (Å²) >= 11 is 0. The number of carbonyl (C=O) groups excluding carboxylic acids is 2. The lowest BCUT2D eigenvalue weighted by atomic mass is 10.0. The molecular weight excluding hydrogens is 436 g/mol. The van der Waals surface area contributed by atoms with Gasteiger partial charge in [-0.25, -0.2) is 9.59 Å². The lowest BCUT2D eigenvalue weighted by Gasteiger charge is -2.32. The van der Waals surface area contributed by atoms with Gasteiger partial charge >= 0.3 is 22.4 Å². The largest absolute Gasteiger partial charge is 0.467 e. The number of benzene rings is 2. The number of methoxy groups -OCH3 is 1. The van der Waals surface area contributed by atoms with E-state index in [1.54, 1.807) is 32.9 Å². The van der Waals surface area contributed by atoms with Crippen LogP contribution in [-0.4, -0.2) is 48.7 Å². The Morgan fingerprint density at radius 2 is 1.62 bits per heavy atom. The summed E-state index contributed by atoms with van der Waals surface area (Å²) in [4.78, 5) is 27.0. The molecule has 0 radical (unpaired) electrons. The first-order chi connectivity index (χ1) is 14.9. The van der Waals surface area contributed by atoms with Gasteiger partial charge in [-0.3, -0.25) is 14.2 Å². The van der Waals surface area contributed by atoms with E-state index < -0.39 is 34.0 Å². The van der Waals surface area contributed by atoms with Crippen molar-refractivity contribution in [3.63, 3.8) is 0 Å². The monoisotopic (exact) mass is 464 g/mol. The molecule has 1 atom stereocenters. The van der Waals surface area contributed by atoms with Gasteiger partial charge in [-0.1, -0.05) is 42.5 Å². The summed E-state index contributed by atoms with van der Waals surface area (Å²) in [6.07, 6.45) is -0.563. The third kappa shape index (κ3) is 8.20. The topological polar surface area (TPSA) is 122 Å². The van der Waals surface area contributed by atoms with Crippen molar-refractivity contribution in [2.24, 2.45) is 0 Å². The van der Waals surface area contributed by atoms with Crippen LogP contribution in [0, 0.1) is 0 Å². The van der Waals surface area contributed by atoms with Crippen molar-refractivity contribution in [3.05, 3.63) is 65.7 Å². The van der Waals surface area contributed by atoms with E-state index in [4.69, 9.17) is 14.0 Å². The number of ether oxygens (including phenoxy) is 2. The first kappa shape index (κ1) is 25.2. The van der Waals surface area contributed by atoms with E-state index in [1.807, 2.05) is 35.1 Å². The van der Waals surface area contributed by atoms with Crippen LogP contribution in [0.5, 0.6) is 0 Å². The van der Waals surface area contributed by atoms with E-state index in [-0.39, 0.29) is 18.7 Å². The van der Waals surface area contributed by atoms with Crippen molar-refractivity contribution in [1.29, 1.82) is 0 Å². The van der Waals surface area contributed by atoms with Gasteiger partial charge in [0.1, 0.15) is 11.6 Å². The molecule has 32 heavy (non-hydrogen) atoms. The molecule has 1 unspecified atom stereocenters. The summed E-state index contributed by atoms with van der Waals surface area (Å²) in [7, 11) is -3.16. The first-order valence-corrected chi connectivity index (χ1v) is 11.3. The van der Waals surface area contributed by atoms with Crippen molar-refractivity contribution in [2.45, 2.75) is 45.4 Å². The molecule has 0 saturated heterocycles. The number of rotatable bonds is 8. The Morgan fingerprint density at radius 3 is 2.12 bits per heavy atom. The molecule has 0 heterocycles. The van der Waals surface area contributed by atoms with Gasteiger partial charge in [0.25, 0.3) is 0 Å². The fourth-order valence-electron chi connectivity index (χ4n) is 2.94. The molecule has 9 nitrogen and oxygen atoms in total. The minimum atomic E-state index is -4.40. The number of anilines is 1. The molecule has 0 aliphatic rings. The molecule has 0 aromatic heterocycles. The Kier molecular flexibility index (Phi) is 8.23. The second-order valence-corrected chi connectivity index (χ2v) is 9.27. The molecule has 2 aromatic carbocycles. The van der Waals surface area contributed by atoms with Gasteiger partial charge in [0, 0.05) is 13.0 Å². The van der Waals surface area contributed by atoms with Crippen molar-refractivity contribution < 1.29 is 32.0 Å². The van der Waals surface area contributed by atoms with E-state index in [1.165, 1.54) is 24.1 Å². The van der Waals surface area contributed by atoms with E-state index in [0.29, 0.717) is 5.56 Å². The third-order valence-electron chi connectivity index (χ3n) is 4.30. The Hall–Kier alpha value is -3.11. The quantitative estimate of drug-likeness (QED) is 0.453. The zero-order chi connectivity index (χ0) is 23.9. The van der Waals surface area contributed by atoms with E-state index in [0.717, 1.165) is 5.56 Å². The van der Waals surface area contributed by atoms with E-state index in [2.05, 4.69) is 0 Å². The Balaban J connectivity index is 2.35. The van der Waals surface area contributed by atoms with Crippen molar-refractivity contribution in [2.75, 3.05) is 11.8 Å². The summed E-state index contributed by atoms with van der Waals surface area (Å²) in [6, 6.07) is 14.2. The summed E-state index contributed by atoms with van der Waals surface area (Å²) in [5.74, 6) is -0.619. The highest BCUT2D eigenvalue weighted by molar-refractivity contribution is 7.87. The van der Waals surface area contributed by atoms with Crippen LogP contribution in [0.1, 0.15) is 31.9 Å². The lowest BCUT2D eigenvalue weighted by molar-refractivity contribution is -0.147. The van der Waals surface area contributed by atoms with Gasteiger partial charge in [0.2, 0.25) is 0 Å². The van der Waals surface area contributed by atoms with Gasteiger partial charge in [-0.05, 0) is 44.0 Å². The second-order valence-electron chi connectivity index (χ2n) is 8.11. The number of amides is 1. The molecule has 0 fully saturated rings. The molecule has 0 bridgehead atoms. The van der Waals surface area contributed by atoms with Crippen LogP contribution in [0.15, 0.2) is 54.6 Å². The maximum absolute atomic E-state index is 13.0. The average Bonchev–Trinajstić information content (AvgIpc) is 2.69. The van der Waals surface area contributed by atoms with E-state index >= 15 is 0 Å². The smallest absolute Gasteiger partial charge is 0.411 e. The Bertz CT molecular complexity index is 1020. The minimum Gasteiger partial charge on any atom is -0.467 e. The van der Waals surface area contributed by atoms with Crippen LogP contribution in [0.3, 0.4) is 0 Å². The fraction of sp³-hybridized carbons (Fsp3) is 0.364. The van der Waals surface area contributed by atoms with Crippen molar-refractivity contribution in [3.8, 4) is 0 Å². The summed E-state index contributed by atoms with van der Waals surface area (Å²) in [6.45, 7) is 5.33. The van der Waals surface area contributed by atoms with Gasteiger partial charge in [-0.2, -0.15) is 8.42 Å². The van der Waals surface area contributed by atoms with Crippen LogP contribution in [0.2, 0.25) is 0 Å². The van der Waals surface area contributed by atoms with Crippen LogP contribution in [0.25, 0.3) is 0 Å². The average molecular weight is 465 g/mol. The predicted octanol–water partition coefficient (Wildman–Crippen LogP) is 3.42.